The molecule has 11 heavy (non-hydrogen) atoms. The summed E-state index contributed by atoms with van der Waals surface area (Å²) in [6.07, 6.45) is 0. The Morgan fingerprint density at radius 1 is 1.36 bits per heavy atom. The zero-order valence-corrected chi connectivity index (χ0v) is 10.9. The van der Waals surface area contributed by atoms with Crippen molar-refractivity contribution in [1.82, 2.24) is 4.90 Å². The molecule has 0 aromatic heterocycles. The van der Waals surface area contributed by atoms with Gasteiger partial charge in [0.25, 0.3) is 0 Å². The summed E-state index contributed by atoms with van der Waals surface area (Å²) < 4.78 is 4.88. The molecule has 0 unspecified atom stereocenters. The summed E-state index contributed by atoms with van der Waals surface area (Å²) in [6.45, 7) is 5.19. The quantitative estimate of drug-likeness (QED) is 0.400. The van der Waals surface area contributed by atoms with Crippen LogP contribution in [-0.2, 0) is 4.74 Å². The molecule has 4 heteroatoms. The first-order valence-corrected chi connectivity index (χ1v) is 3.64. The van der Waals surface area contributed by atoms with Crippen LogP contribution in [-0.4, -0.2) is 44.9 Å². The van der Waals surface area contributed by atoms with Gasteiger partial charge in [0, 0.05) is 13.7 Å². The maximum Gasteiger partial charge on any atom is 1.00 e. The third-order valence-electron chi connectivity index (χ3n) is 1.47. The van der Waals surface area contributed by atoms with Crippen molar-refractivity contribution in [3.8, 4) is 0 Å². The Morgan fingerprint density at radius 2 is 2.00 bits per heavy atom. The summed E-state index contributed by atoms with van der Waals surface area (Å²) in [5.74, 6) is 0. The first-order chi connectivity index (χ1) is 4.85. The van der Waals surface area contributed by atoms with Crippen LogP contribution in [0.5, 0.6) is 0 Å². The minimum atomic E-state index is -0.0163. The van der Waals surface area contributed by atoms with E-state index in [9.17, 15) is 5.11 Å². The molecule has 0 aliphatic carbocycles. The molecular formula is C7H16KNO2. The zero-order valence-electron chi connectivity index (χ0n) is 7.80. The van der Waals surface area contributed by atoms with Crippen molar-refractivity contribution in [3.63, 3.8) is 0 Å². The first-order valence-electron chi connectivity index (χ1n) is 3.64. The van der Waals surface area contributed by atoms with E-state index < -0.39 is 0 Å². The van der Waals surface area contributed by atoms with Crippen molar-refractivity contribution in [1.29, 1.82) is 0 Å². The Bertz CT molecular complexity index is 73.5. The van der Waals surface area contributed by atoms with Gasteiger partial charge >= 0.3 is 51.4 Å². The van der Waals surface area contributed by atoms with Crippen molar-refractivity contribution in [2.75, 3.05) is 40.0 Å². The van der Waals surface area contributed by atoms with Crippen LogP contribution < -0.4 is 56.5 Å². The largest absolute Gasteiger partial charge is 1.00 e. The number of methoxy groups -OCH3 is 1. The molecule has 0 saturated carbocycles. The van der Waals surface area contributed by atoms with Gasteiger partial charge in [0.05, 0.1) is 6.61 Å². The molecule has 0 saturated heterocycles. The predicted octanol–water partition coefficient (Wildman–Crippen LogP) is -3.68. The molecule has 62 valence electrons. The van der Waals surface area contributed by atoms with E-state index in [0.29, 0.717) is 13.2 Å². The van der Waals surface area contributed by atoms with Crippen molar-refractivity contribution in [2.24, 2.45) is 0 Å². The van der Waals surface area contributed by atoms with Gasteiger partial charge in [0.15, 0.2) is 0 Å². The van der Waals surface area contributed by atoms with Gasteiger partial charge in [-0.1, -0.05) is 6.92 Å². The van der Waals surface area contributed by atoms with Crippen molar-refractivity contribution >= 4 is 0 Å². The molecule has 0 aliphatic heterocycles. The van der Waals surface area contributed by atoms with E-state index in [1.54, 1.807) is 7.11 Å². The second kappa shape index (κ2) is 11.5. The summed E-state index contributed by atoms with van der Waals surface area (Å²) in [6, 6.07) is 0. The molecule has 0 aromatic carbocycles. The Labute approximate surface area is 112 Å². The van der Waals surface area contributed by atoms with E-state index in [4.69, 9.17) is 4.74 Å². The monoisotopic (exact) mass is 185 g/mol. The topological polar surface area (TPSA) is 35.5 Å². The molecule has 0 radical (unpaired) electrons. The SMILES string of the molecule is CCN(CC[O-])CCOC.[K+]. The average molecular weight is 185 g/mol. The van der Waals surface area contributed by atoms with Crippen LogP contribution in [0.1, 0.15) is 6.92 Å². The summed E-state index contributed by atoms with van der Waals surface area (Å²) >= 11 is 0. The molecule has 0 heterocycles. The molecule has 0 aliphatic rings. The van der Waals surface area contributed by atoms with Crippen LogP contribution in [0.25, 0.3) is 0 Å². The molecular weight excluding hydrogens is 169 g/mol. The summed E-state index contributed by atoms with van der Waals surface area (Å²) in [5, 5.41) is 10.2. The zero-order chi connectivity index (χ0) is 7.82. The number of rotatable bonds is 6. The van der Waals surface area contributed by atoms with Gasteiger partial charge in [0.2, 0.25) is 0 Å². The average Bonchev–Trinajstić information content (AvgIpc) is 1.98. The normalized spacial score (nSPS) is 9.82. The van der Waals surface area contributed by atoms with Crippen LogP contribution in [0, 0.1) is 0 Å². The van der Waals surface area contributed by atoms with E-state index in [0.717, 1.165) is 13.1 Å². The number of nitrogens with zero attached hydrogens (tertiary/aromatic N) is 1. The van der Waals surface area contributed by atoms with Gasteiger partial charge in [-0.05, 0) is 13.1 Å². The van der Waals surface area contributed by atoms with E-state index in [-0.39, 0.29) is 58.0 Å². The van der Waals surface area contributed by atoms with Crippen LogP contribution in [0.3, 0.4) is 0 Å². The number of ether oxygens (including phenoxy) is 1. The fraction of sp³-hybridized carbons (Fsp3) is 1.00. The van der Waals surface area contributed by atoms with E-state index in [1.165, 1.54) is 0 Å². The second-order valence-corrected chi connectivity index (χ2v) is 2.13. The Balaban J connectivity index is 0. The Morgan fingerprint density at radius 3 is 2.36 bits per heavy atom. The van der Waals surface area contributed by atoms with Crippen LogP contribution in [0.2, 0.25) is 0 Å². The van der Waals surface area contributed by atoms with Gasteiger partial charge in [-0.15, -0.1) is 6.61 Å². The second-order valence-electron chi connectivity index (χ2n) is 2.13. The standard InChI is InChI=1S/C7H16NO2.K/c1-3-8(4-6-9)5-7-10-2;/h3-7H2,1-2H3;/q-1;+1. The molecule has 0 N–H and O–H groups in total. The first kappa shape index (κ1) is 15.0. The van der Waals surface area contributed by atoms with Gasteiger partial charge in [0.1, 0.15) is 0 Å². The van der Waals surface area contributed by atoms with Gasteiger partial charge < -0.3 is 14.7 Å². The molecule has 3 nitrogen and oxygen atoms in total. The maximum absolute atomic E-state index is 10.2. The van der Waals surface area contributed by atoms with Crippen molar-refractivity contribution < 1.29 is 61.2 Å². The third kappa shape index (κ3) is 9.43. The van der Waals surface area contributed by atoms with Crippen LogP contribution in [0.15, 0.2) is 0 Å². The summed E-state index contributed by atoms with van der Waals surface area (Å²) in [5.41, 5.74) is 0. The summed E-state index contributed by atoms with van der Waals surface area (Å²) in [7, 11) is 1.67. The van der Waals surface area contributed by atoms with E-state index >= 15 is 0 Å². The van der Waals surface area contributed by atoms with E-state index in [2.05, 4.69) is 4.90 Å². The fourth-order valence-electron chi connectivity index (χ4n) is 0.778. The van der Waals surface area contributed by atoms with Crippen LogP contribution in [0.4, 0.5) is 0 Å². The van der Waals surface area contributed by atoms with Gasteiger partial charge in [-0.25, -0.2) is 0 Å². The minimum absolute atomic E-state index is 0. The smallest absolute Gasteiger partial charge is 0.854 e. The van der Waals surface area contributed by atoms with E-state index in [1.807, 2.05) is 6.92 Å². The molecule has 0 fully saturated rings. The maximum atomic E-state index is 10.2. The molecule has 0 aromatic rings. The van der Waals surface area contributed by atoms with Crippen LogP contribution >= 0.6 is 0 Å². The third-order valence-corrected chi connectivity index (χ3v) is 1.47. The Hall–Kier alpha value is 1.52. The number of hydrogen-bond donors (Lipinski definition) is 0. The molecule has 0 atom stereocenters. The van der Waals surface area contributed by atoms with Gasteiger partial charge in [-0.3, -0.25) is 0 Å². The predicted molar refractivity (Wildman–Crippen MR) is 38.9 cm³/mol. The molecule has 0 amide bonds. The van der Waals surface area contributed by atoms with Gasteiger partial charge in [-0.2, -0.15) is 0 Å². The Kier molecular flexibility index (Phi) is 15.7. The number of hydrogen-bond acceptors (Lipinski definition) is 3. The minimum Gasteiger partial charge on any atom is -0.854 e. The summed E-state index contributed by atoms with van der Waals surface area (Å²) in [4.78, 5) is 2.08. The molecule has 0 rings (SSSR count). The molecule has 0 bridgehead atoms. The van der Waals surface area contributed by atoms with Crippen molar-refractivity contribution in [2.45, 2.75) is 6.92 Å². The fourth-order valence-corrected chi connectivity index (χ4v) is 0.778. The van der Waals surface area contributed by atoms with Crippen molar-refractivity contribution in [3.05, 3.63) is 0 Å². The molecule has 0 spiro atoms. The number of likely N-dealkylation sites (N-methyl/N-ethyl adjacent to an activating group) is 1.